The quantitative estimate of drug-likeness (QED) is 0.298. The molecule has 7 nitrogen and oxygen atoms in total. The molecule has 0 saturated heterocycles. The van der Waals surface area contributed by atoms with Gasteiger partial charge in [0.25, 0.3) is 10.0 Å². The molecule has 0 aliphatic carbocycles. The van der Waals surface area contributed by atoms with E-state index in [1.165, 1.54) is 31.2 Å². The number of nitrogens with zero attached hydrogens (tertiary/aromatic N) is 1. The molecule has 1 aromatic heterocycles. The van der Waals surface area contributed by atoms with Gasteiger partial charge in [0.15, 0.2) is 5.78 Å². The van der Waals surface area contributed by atoms with Crippen LogP contribution in [0.3, 0.4) is 0 Å². The first-order chi connectivity index (χ1) is 18.2. The second kappa shape index (κ2) is 11.4. The Balaban J connectivity index is 1.71. The van der Waals surface area contributed by atoms with E-state index in [9.17, 15) is 22.4 Å². The van der Waals surface area contributed by atoms with Gasteiger partial charge >= 0.3 is 6.03 Å². The zero-order valence-corrected chi connectivity index (χ0v) is 21.6. The fraction of sp³-hybridized carbons (Fsp3) is 0.138. The lowest BCUT2D eigenvalue weighted by Gasteiger charge is -2.22. The van der Waals surface area contributed by atoms with Gasteiger partial charge in [0.2, 0.25) is 0 Å². The Morgan fingerprint density at radius 3 is 2.37 bits per heavy atom. The van der Waals surface area contributed by atoms with Crippen LogP contribution >= 0.6 is 0 Å². The van der Waals surface area contributed by atoms with Gasteiger partial charge in [-0.2, -0.15) is 0 Å². The second-order valence-corrected chi connectivity index (χ2v) is 10.4. The highest BCUT2D eigenvalue weighted by Gasteiger charge is 2.25. The van der Waals surface area contributed by atoms with Crippen LogP contribution < -0.4 is 10.0 Å². The van der Waals surface area contributed by atoms with Gasteiger partial charge in [0.05, 0.1) is 22.2 Å². The molecule has 0 radical (unpaired) electrons. The summed E-state index contributed by atoms with van der Waals surface area (Å²) in [5.74, 6) is -1.05. The van der Waals surface area contributed by atoms with Crippen molar-refractivity contribution in [2.75, 3.05) is 0 Å². The third-order valence-corrected chi connectivity index (χ3v) is 7.51. The Hall–Kier alpha value is -4.37. The maximum Gasteiger partial charge on any atom is 0.329 e. The molecule has 194 valence electrons. The summed E-state index contributed by atoms with van der Waals surface area (Å²) in [6.07, 6.45) is 1.85. The smallest absolute Gasteiger partial charge is 0.329 e. The van der Waals surface area contributed by atoms with Crippen LogP contribution in [0.15, 0.2) is 96.0 Å². The Bertz CT molecular complexity index is 1590. The molecule has 0 spiro atoms. The number of rotatable bonds is 8. The number of halogens is 1. The lowest BCUT2D eigenvalue weighted by molar-refractivity contribution is 0.101. The molecule has 2 N–H and O–H groups in total. The number of benzene rings is 3. The average molecular weight is 532 g/mol. The number of carbonyl (C=O) groups excluding carboxylic acids is 2. The molecule has 1 unspecified atom stereocenters. The first-order valence-electron chi connectivity index (χ1n) is 11.8. The minimum absolute atomic E-state index is 0.00337. The van der Waals surface area contributed by atoms with E-state index in [1.807, 2.05) is 30.3 Å². The van der Waals surface area contributed by atoms with Crippen LogP contribution in [0, 0.1) is 12.7 Å². The predicted molar refractivity (Wildman–Crippen MR) is 143 cm³/mol. The number of amides is 2. The highest BCUT2D eigenvalue weighted by molar-refractivity contribution is 7.90. The number of pyridine rings is 1. The van der Waals surface area contributed by atoms with Gasteiger partial charge in [-0.15, -0.1) is 0 Å². The summed E-state index contributed by atoms with van der Waals surface area (Å²) in [7, 11) is -4.13. The van der Waals surface area contributed by atoms with E-state index in [0.29, 0.717) is 28.8 Å². The summed E-state index contributed by atoms with van der Waals surface area (Å²) in [6.45, 7) is 2.92. The monoisotopic (exact) mass is 531 g/mol. The zero-order chi connectivity index (χ0) is 27.3. The van der Waals surface area contributed by atoms with Gasteiger partial charge in [-0.1, -0.05) is 60.7 Å². The van der Waals surface area contributed by atoms with Crippen molar-refractivity contribution >= 4 is 21.8 Å². The number of aromatic nitrogens is 1. The SMILES string of the molecule is CC(=O)c1cc(-c2cccnc2C(Cc2ccccc2)NC(=O)NS(=O)(=O)c2ccccc2C)ccc1F. The molecule has 1 atom stereocenters. The Morgan fingerprint density at radius 1 is 0.947 bits per heavy atom. The minimum Gasteiger partial charge on any atom is -0.329 e. The fourth-order valence-corrected chi connectivity index (χ4v) is 5.35. The van der Waals surface area contributed by atoms with Gasteiger partial charge < -0.3 is 5.32 Å². The summed E-state index contributed by atoms with van der Waals surface area (Å²) in [6, 6.07) is 21.6. The van der Waals surface area contributed by atoms with Crippen LogP contribution in [0.4, 0.5) is 9.18 Å². The zero-order valence-electron chi connectivity index (χ0n) is 20.8. The van der Waals surface area contributed by atoms with Gasteiger partial charge in [-0.25, -0.2) is 22.3 Å². The highest BCUT2D eigenvalue weighted by atomic mass is 32.2. The van der Waals surface area contributed by atoms with Crippen molar-refractivity contribution in [1.82, 2.24) is 15.0 Å². The number of aryl methyl sites for hydroxylation is 1. The van der Waals surface area contributed by atoms with Gasteiger partial charge in [-0.3, -0.25) is 9.78 Å². The number of urea groups is 1. The van der Waals surface area contributed by atoms with Crippen molar-refractivity contribution in [2.45, 2.75) is 31.2 Å². The molecule has 0 aliphatic heterocycles. The van der Waals surface area contributed by atoms with E-state index < -0.39 is 33.7 Å². The molecular weight excluding hydrogens is 505 g/mol. The number of nitrogens with one attached hydrogen (secondary N) is 2. The van der Waals surface area contributed by atoms with Crippen molar-refractivity contribution < 1.29 is 22.4 Å². The van der Waals surface area contributed by atoms with E-state index >= 15 is 0 Å². The van der Waals surface area contributed by atoms with Crippen LogP contribution in [0.2, 0.25) is 0 Å². The third-order valence-electron chi connectivity index (χ3n) is 6.02. The fourth-order valence-electron chi connectivity index (χ4n) is 4.19. The standard InChI is InChI=1S/C29H26FN3O4S/c1-19-9-6-7-13-27(19)38(36,37)33-29(35)32-26(17-21-10-4-3-5-11-21)28-23(12-8-16-31-28)22-14-15-25(30)24(18-22)20(2)34/h3-16,18,26H,17H2,1-2H3,(H2,32,33,35). The van der Waals surface area contributed by atoms with Crippen LogP contribution in [0.25, 0.3) is 11.1 Å². The van der Waals surface area contributed by atoms with Crippen molar-refractivity contribution in [3.8, 4) is 11.1 Å². The molecule has 9 heteroatoms. The van der Waals surface area contributed by atoms with Crippen LogP contribution in [0.1, 0.15) is 40.1 Å². The molecule has 0 fully saturated rings. The second-order valence-electron chi connectivity index (χ2n) is 8.77. The van der Waals surface area contributed by atoms with Crippen molar-refractivity contribution in [1.29, 1.82) is 0 Å². The first-order valence-corrected chi connectivity index (χ1v) is 13.3. The Morgan fingerprint density at radius 2 is 1.66 bits per heavy atom. The van der Waals surface area contributed by atoms with Crippen molar-refractivity contribution in [3.05, 3.63) is 119 Å². The molecule has 2 amide bonds. The number of carbonyl (C=O) groups is 2. The molecule has 0 aliphatic rings. The van der Waals surface area contributed by atoms with E-state index in [0.717, 1.165) is 5.56 Å². The van der Waals surface area contributed by atoms with Crippen molar-refractivity contribution in [3.63, 3.8) is 0 Å². The number of ketones is 1. The lowest BCUT2D eigenvalue weighted by atomic mass is 9.94. The van der Waals surface area contributed by atoms with E-state index in [1.54, 1.807) is 43.5 Å². The number of sulfonamides is 1. The largest absolute Gasteiger partial charge is 0.329 e. The Labute approximate surface area is 220 Å². The molecule has 3 aromatic carbocycles. The first kappa shape index (κ1) is 26.7. The van der Waals surface area contributed by atoms with E-state index in [2.05, 4.69) is 15.0 Å². The summed E-state index contributed by atoms with van der Waals surface area (Å²) in [5.41, 5.74) is 2.84. The summed E-state index contributed by atoms with van der Waals surface area (Å²) in [4.78, 5) is 29.5. The number of hydrogen-bond donors (Lipinski definition) is 2. The van der Waals surface area contributed by atoms with Gasteiger partial charge in [0, 0.05) is 11.8 Å². The molecule has 0 saturated carbocycles. The summed E-state index contributed by atoms with van der Waals surface area (Å²) < 4.78 is 42.1. The number of hydrogen-bond acceptors (Lipinski definition) is 5. The highest BCUT2D eigenvalue weighted by Crippen LogP contribution is 2.30. The normalized spacial score (nSPS) is 12.0. The van der Waals surface area contributed by atoms with E-state index in [4.69, 9.17) is 0 Å². The predicted octanol–water partition coefficient (Wildman–Crippen LogP) is 5.37. The molecule has 4 rings (SSSR count). The minimum atomic E-state index is -4.13. The van der Waals surface area contributed by atoms with Crippen LogP contribution in [0.5, 0.6) is 0 Å². The molecule has 38 heavy (non-hydrogen) atoms. The molecule has 0 bridgehead atoms. The van der Waals surface area contributed by atoms with Crippen LogP contribution in [-0.4, -0.2) is 25.2 Å². The maximum atomic E-state index is 14.2. The number of Topliss-reactive ketones (excluding diaryl/α,β-unsaturated/α-hetero) is 1. The van der Waals surface area contributed by atoms with Crippen molar-refractivity contribution in [2.24, 2.45) is 0 Å². The Kier molecular flexibility index (Phi) is 7.97. The van der Waals surface area contributed by atoms with Gasteiger partial charge in [0.1, 0.15) is 5.82 Å². The van der Waals surface area contributed by atoms with E-state index in [-0.39, 0.29) is 10.5 Å². The summed E-state index contributed by atoms with van der Waals surface area (Å²) in [5, 5.41) is 2.75. The topological polar surface area (TPSA) is 105 Å². The third kappa shape index (κ3) is 6.12. The van der Waals surface area contributed by atoms with Crippen LogP contribution in [-0.2, 0) is 16.4 Å². The average Bonchev–Trinajstić information content (AvgIpc) is 2.89. The lowest BCUT2D eigenvalue weighted by Crippen LogP contribution is -2.42. The summed E-state index contributed by atoms with van der Waals surface area (Å²) >= 11 is 0. The maximum absolute atomic E-state index is 14.2. The molecule has 4 aromatic rings. The molecule has 1 heterocycles. The van der Waals surface area contributed by atoms with Gasteiger partial charge in [-0.05, 0) is 61.2 Å². The molecular formula is C29H26FN3O4S.